The van der Waals surface area contributed by atoms with Crippen LogP contribution in [0.1, 0.15) is 13.3 Å². The summed E-state index contributed by atoms with van der Waals surface area (Å²) in [5.41, 5.74) is -2.60. The lowest BCUT2D eigenvalue weighted by Gasteiger charge is -2.29. The summed E-state index contributed by atoms with van der Waals surface area (Å²) in [7, 11) is 0.857. The van der Waals surface area contributed by atoms with E-state index in [0.717, 1.165) is 14.0 Å². The number of hydrogen-bond acceptors (Lipinski definition) is 3. The average molecular weight is 255 g/mol. The van der Waals surface area contributed by atoms with E-state index in [1.54, 1.807) is 0 Å². The van der Waals surface area contributed by atoms with Gasteiger partial charge < -0.3 is 14.7 Å². The van der Waals surface area contributed by atoms with Gasteiger partial charge in [0.1, 0.15) is 6.04 Å². The first kappa shape index (κ1) is 13.8. The molecule has 0 radical (unpaired) electrons. The van der Waals surface area contributed by atoms with E-state index in [4.69, 9.17) is 5.11 Å². The summed E-state index contributed by atoms with van der Waals surface area (Å²) in [6.07, 6.45) is -5.51. The second-order valence-corrected chi connectivity index (χ2v) is 3.90. The van der Waals surface area contributed by atoms with Crippen LogP contribution in [0, 0.1) is 0 Å². The highest BCUT2D eigenvalue weighted by Crippen LogP contribution is 2.42. The quantitative estimate of drug-likeness (QED) is 0.786. The van der Waals surface area contributed by atoms with Gasteiger partial charge in [-0.1, -0.05) is 0 Å². The largest absolute Gasteiger partial charge is 0.480 e. The van der Waals surface area contributed by atoms with Gasteiger partial charge in [0, 0.05) is 20.5 Å². The average Bonchev–Trinajstić information content (AvgIpc) is 2.57. The number of alkyl halides is 3. The number of hydrogen-bond donors (Lipinski definition) is 1. The van der Waals surface area contributed by atoms with Crippen LogP contribution >= 0.6 is 0 Å². The monoisotopic (exact) mass is 255 g/mol. The molecule has 1 N–H and O–H groups in total. The SMILES string of the molecule is COC1(C(F)(F)F)CC(C(=O)O)N(C(C)=O)C1. The molecule has 0 bridgehead atoms. The van der Waals surface area contributed by atoms with Crippen molar-refractivity contribution in [2.75, 3.05) is 13.7 Å². The van der Waals surface area contributed by atoms with Crippen LogP contribution in [-0.2, 0) is 14.3 Å². The fourth-order valence-corrected chi connectivity index (χ4v) is 1.89. The molecule has 17 heavy (non-hydrogen) atoms. The lowest BCUT2D eigenvalue weighted by molar-refractivity contribution is -0.263. The van der Waals surface area contributed by atoms with Gasteiger partial charge in [-0.2, -0.15) is 13.2 Å². The first-order valence-corrected chi connectivity index (χ1v) is 4.76. The minimum absolute atomic E-state index is 0.666. The summed E-state index contributed by atoms with van der Waals surface area (Å²) >= 11 is 0. The molecule has 1 aliphatic heterocycles. The highest BCUT2D eigenvalue weighted by Gasteiger charge is 2.63. The van der Waals surface area contributed by atoms with Crippen LogP contribution < -0.4 is 0 Å². The van der Waals surface area contributed by atoms with Gasteiger partial charge in [0.15, 0.2) is 5.60 Å². The van der Waals surface area contributed by atoms with Crippen LogP contribution in [0.2, 0.25) is 0 Å². The van der Waals surface area contributed by atoms with Gasteiger partial charge in [-0.15, -0.1) is 0 Å². The van der Waals surface area contributed by atoms with Crippen molar-refractivity contribution < 1.29 is 32.6 Å². The standard InChI is InChI=1S/C9H12F3NO4/c1-5(14)13-4-8(17-2,9(10,11)12)3-6(13)7(15)16/h6H,3-4H2,1-2H3,(H,15,16). The molecule has 1 saturated heterocycles. The minimum Gasteiger partial charge on any atom is -0.480 e. The molecule has 0 aromatic heterocycles. The molecule has 0 aromatic carbocycles. The molecule has 0 aromatic rings. The van der Waals surface area contributed by atoms with Crippen molar-refractivity contribution >= 4 is 11.9 Å². The summed E-state index contributed by atoms with van der Waals surface area (Å²) in [6, 6.07) is -1.51. The van der Waals surface area contributed by atoms with E-state index in [-0.39, 0.29) is 0 Å². The second kappa shape index (κ2) is 4.17. The van der Waals surface area contributed by atoms with Crippen molar-refractivity contribution in [1.29, 1.82) is 0 Å². The predicted molar refractivity (Wildman–Crippen MR) is 49.2 cm³/mol. The van der Waals surface area contributed by atoms with Gasteiger partial charge in [-0.3, -0.25) is 4.79 Å². The van der Waals surface area contributed by atoms with E-state index in [1.165, 1.54) is 0 Å². The molecule has 1 amide bonds. The van der Waals surface area contributed by atoms with E-state index in [2.05, 4.69) is 4.74 Å². The molecule has 1 heterocycles. The normalized spacial score (nSPS) is 29.5. The Morgan fingerprint density at radius 3 is 2.24 bits per heavy atom. The number of rotatable bonds is 2. The van der Waals surface area contributed by atoms with Gasteiger partial charge in [0.05, 0.1) is 6.54 Å². The molecule has 2 unspecified atom stereocenters. The van der Waals surface area contributed by atoms with Gasteiger partial charge in [0.25, 0.3) is 0 Å². The van der Waals surface area contributed by atoms with Crippen molar-refractivity contribution in [3.8, 4) is 0 Å². The number of carbonyl (C=O) groups excluding carboxylic acids is 1. The van der Waals surface area contributed by atoms with Crippen LogP contribution in [0.25, 0.3) is 0 Å². The highest BCUT2D eigenvalue weighted by atomic mass is 19.4. The molecule has 1 aliphatic rings. The Hall–Kier alpha value is -1.31. The molecule has 8 heteroatoms. The zero-order valence-corrected chi connectivity index (χ0v) is 9.24. The molecular formula is C9H12F3NO4. The molecule has 2 atom stereocenters. The van der Waals surface area contributed by atoms with Gasteiger partial charge in [-0.25, -0.2) is 4.79 Å². The number of likely N-dealkylation sites (tertiary alicyclic amines) is 1. The predicted octanol–water partition coefficient (Wildman–Crippen LogP) is 0.639. The maximum absolute atomic E-state index is 12.8. The Balaban J connectivity index is 3.09. The summed E-state index contributed by atoms with van der Waals surface area (Å²) < 4.78 is 42.9. The number of ether oxygens (including phenoxy) is 1. The van der Waals surface area contributed by atoms with Crippen LogP contribution in [0.3, 0.4) is 0 Å². The fourth-order valence-electron chi connectivity index (χ4n) is 1.89. The topological polar surface area (TPSA) is 66.8 Å². The van der Waals surface area contributed by atoms with E-state index in [0.29, 0.717) is 4.90 Å². The van der Waals surface area contributed by atoms with E-state index in [1.807, 2.05) is 0 Å². The third-order valence-electron chi connectivity index (χ3n) is 2.92. The minimum atomic E-state index is -4.72. The van der Waals surface area contributed by atoms with Crippen LogP contribution in [0.5, 0.6) is 0 Å². The Morgan fingerprint density at radius 1 is 1.47 bits per heavy atom. The number of carboxylic acid groups (broad SMARTS) is 1. The third kappa shape index (κ3) is 2.21. The second-order valence-electron chi connectivity index (χ2n) is 3.90. The number of halogens is 3. The molecule has 0 saturated carbocycles. The molecule has 1 fully saturated rings. The van der Waals surface area contributed by atoms with Crippen LogP contribution in [-0.4, -0.2) is 53.4 Å². The summed E-state index contributed by atoms with van der Waals surface area (Å²) in [4.78, 5) is 22.6. The molecular weight excluding hydrogens is 243 g/mol. The van der Waals surface area contributed by atoms with Crippen molar-refractivity contribution in [3.63, 3.8) is 0 Å². The molecule has 1 rings (SSSR count). The Labute approximate surface area is 95.1 Å². The number of carbonyl (C=O) groups is 2. The fraction of sp³-hybridized carbons (Fsp3) is 0.778. The summed E-state index contributed by atoms with van der Waals surface area (Å²) in [6.45, 7) is 0.233. The number of aliphatic carboxylic acids is 1. The lowest BCUT2D eigenvalue weighted by atomic mass is 9.99. The molecule has 0 spiro atoms. The molecule has 5 nitrogen and oxygen atoms in total. The summed E-state index contributed by atoms with van der Waals surface area (Å²) in [5.74, 6) is -2.19. The third-order valence-corrected chi connectivity index (χ3v) is 2.92. The zero-order valence-electron chi connectivity index (χ0n) is 9.24. The summed E-state index contributed by atoms with van der Waals surface area (Å²) in [5, 5.41) is 8.81. The first-order chi connectivity index (χ1) is 7.64. The van der Waals surface area contributed by atoms with E-state index < -0.39 is 42.7 Å². The maximum Gasteiger partial charge on any atom is 0.419 e. The Bertz CT molecular complexity index is 320. The van der Waals surface area contributed by atoms with E-state index >= 15 is 0 Å². The van der Waals surface area contributed by atoms with Gasteiger partial charge >= 0.3 is 12.1 Å². The zero-order chi connectivity index (χ0) is 13.4. The lowest BCUT2D eigenvalue weighted by Crippen LogP contribution is -2.49. The highest BCUT2D eigenvalue weighted by molar-refractivity contribution is 5.83. The smallest absolute Gasteiger partial charge is 0.419 e. The number of carboxylic acids is 1. The van der Waals surface area contributed by atoms with Crippen molar-refractivity contribution in [1.82, 2.24) is 4.90 Å². The van der Waals surface area contributed by atoms with Crippen molar-refractivity contribution in [2.24, 2.45) is 0 Å². The van der Waals surface area contributed by atoms with Gasteiger partial charge in [0.2, 0.25) is 5.91 Å². The first-order valence-electron chi connectivity index (χ1n) is 4.76. The van der Waals surface area contributed by atoms with Crippen molar-refractivity contribution in [3.05, 3.63) is 0 Å². The Kier molecular flexibility index (Phi) is 3.37. The molecule has 0 aliphatic carbocycles. The van der Waals surface area contributed by atoms with Crippen LogP contribution in [0.4, 0.5) is 13.2 Å². The van der Waals surface area contributed by atoms with Crippen LogP contribution in [0.15, 0.2) is 0 Å². The van der Waals surface area contributed by atoms with E-state index in [9.17, 15) is 22.8 Å². The molecule has 98 valence electrons. The maximum atomic E-state index is 12.8. The Morgan fingerprint density at radius 2 is 2.00 bits per heavy atom. The number of amides is 1. The number of nitrogens with zero attached hydrogens (tertiary/aromatic N) is 1. The van der Waals surface area contributed by atoms with Crippen molar-refractivity contribution in [2.45, 2.75) is 31.2 Å². The number of methoxy groups -OCH3 is 1. The van der Waals surface area contributed by atoms with Gasteiger partial charge in [-0.05, 0) is 0 Å².